The van der Waals surface area contributed by atoms with Crippen molar-refractivity contribution in [2.75, 3.05) is 26.4 Å². The number of carboxylic acids is 2. The Morgan fingerprint density at radius 3 is 1.47 bits per heavy atom. The fourth-order valence-corrected chi connectivity index (χ4v) is 1.33. The Morgan fingerprint density at radius 2 is 1.27 bits per heavy atom. The molecular weight excluding hydrogens is 206 g/mol. The topological polar surface area (TPSA) is 105 Å². The van der Waals surface area contributed by atoms with Gasteiger partial charge in [-0.15, -0.1) is 0 Å². The number of rotatable bonds is 0. The summed E-state index contributed by atoms with van der Waals surface area (Å²) in [5.41, 5.74) is 0. The second-order valence-corrected chi connectivity index (χ2v) is 3.25. The number of hydrogen-bond donors (Lipinski definition) is 3. The van der Waals surface area contributed by atoms with Crippen LogP contribution in [0.2, 0.25) is 0 Å². The summed E-state index contributed by atoms with van der Waals surface area (Å²) in [6.45, 7) is 3.26. The highest BCUT2D eigenvalue weighted by Crippen LogP contribution is 2.05. The van der Waals surface area contributed by atoms with Crippen molar-refractivity contribution in [1.29, 1.82) is 0 Å². The Kier molecular flexibility index (Phi) is 4.47. The van der Waals surface area contributed by atoms with Crippen molar-refractivity contribution in [2.24, 2.45) is 0 Å². The maximum absolute atomic E-state index is 9.10. The van der Waals surface area contributed by atoms with Crippen LogP contribution in [-0.2, 0) is 19.1 Å². The van der Waals surface area contributed by atoms with Crippen molar-refractivity contribution in [2.45, 2.75) is 12.1 Å². The van der Waals surface area contributed by atoms with Crippen molar-refractivity contribution in [3.05, 3.63) is 0 Å². The van der Waals surface area contributed by atoms with Crippen molar-refractivity contribution in [3.8, 4) is 0 Å². The van der Waals surface area contributed by atoms with Crippen LogP contribution in [0.5, 0.6) is 0 Å². The van der Waals surface area contributed by atoms with Gasteiger partial charge in [-0.2, -0.15) is 0 Å². The van der Waals surface area contributed by atoms with Gasteiger partial charge in [0.2, 0.25) is 0 Å². The summed E-state index contributed by atoms with van der Waals surface area (Å²) in [4.78, 5) is 18.2. The normalized spacial score (nSPS) is 28.5. The zero-order chi connectivity index (χ0) is 11.3. The van der Waals surface area contributed by atoms with Gasteiger partial charge in [-0.25, -0.2) is 9.59 Å². The maximum atomic E-state index is 9.10. The minimum absolute atomic E-state index is 0.456. The molecule has 0 aromatic heterocycles. The Labute approximate surface area is 86.0 Å². The van der Waals surface area contributed by atoms with Crippen LogP contribution >= 0.6 is 0 Å². The van der Waals surface area contributed by atoms with E-state index in [0.29, 0.717) is 12.1 Å². The first kappa shape index (κ1) is 11.9. The SMILES string of the molecule is C1OCC2COCC1N2.O=C(O)C(=O)O. The van der Waals surface area contributed by atoms with Crippen molar-refractivity contribution >= 4 is 11.9 Å². The standard InChI is InChI=1S/C6H11NO2.C2H2O4/c1-5-2-9-4-6(7-5)3-8-1;3-1(4)2(5)6/h5-7H,1-4H2;(H,3,4)(H,5,6). The Bertz CT molecular complexity index is 211. The van der Waals surface area contributed by atoms with Crippen LogP contribution < -0.4 is 5.32 Å². The van der Waals surface area contributed by atoms with Crippen LogP contribution in [0.15, 0.2) is 0 Å². The van der Waals surface area contributed by atoms with Crippen LogP contribution in [0.4, 0.5) is 0 Å². The third-order valence-electron chi connectivity index (χ3n) is 1.93. The minimum atomic E-state index is -1.82. The number of carboxylic acid groups (broad SMARTS) is 2. The molecule has 2 bridgehead atoms. The molecule has 2 aliphatic heterocycles. The highest BCUT2D eigenvalue weighted by atomic mass is 16.5. The number of fused-ring (bicyclic) bond motifs is 2. The van der Waals surface area contributed by atoms with Gasteiger partial charge in [-0.05, 0) is 0 Å². The van der Waals surface area contributed by atoms with E-state index in [1.165, 1.54) is 0 Å². The zero-order valence-corrected chi connectivity index (χ0v) is 8.01. The van der Waals surface area contributed by atoms with Gasteiger partial charge >= 0.3 is 11.9 Å². The summed E-state index contributed by atoms with van der Waals surface area (Å²) in [6, 6.07) is 0.912. The van der Waals surface area contributed by atoms with E-state index in [1.807, 2.05) is 0 Å². The molecule has 0 radical (unpaired) electrons. The van der Waals surface area contributed by atoms with Gasteiger partial charge in [0, 0.05) is 0 Å². The summed E-state index contributed by atoms with van der Waals surface area (Å²) in [6.07, 6.45) is 0. The van der Waals surface area contributed by atoms with Gasteiger partial charge in [0.15, 0.2) is 0 Å². The van der Waals surface area contributed by atoms with Crippen LogP contribution in [0.25, 0.3) is 0 Å². The van der Waals surface area contributed by atoms with Gasteiger partial charge < -0.3 is 25.0 Å². The van der Waals surface area contributed by atoms with E-state index in [4.69, 9.17) is 29.3 Å². The molecule has 2 aliphatic rings. The molecule has 86 valence electrons. The van der Waals surface area contributed by atoms with Gasteiger partial charge in [0.1, 0.15) is 0 Å². The third kappa shape index (κ3) is 4.24. The predicted molar refractivity (Wildman–Crippen MR) is 47.6 cm³/mol. The van der Waals surface area contributed by atoms with E-state index in [0.717, 1.165) is 26.4 Å². The van der Waals surface area contributed by atoms with Gasteiger partial charge in [-0.1, -0.05) is 0 Å². The molecular formula is C8H13NO6. The predicted octanol–water partition coefficient (Wildman–Crippen LogP) is -1.47. The molecule has 0 aliphatic carbocycles. The fourth-order valence-electron chi connectivity index (χ4n) is 1.33. The highest BCUT2D eigenvalue weighted by molar-refractivity contribution is 6.27. The second kappa shape index (κ2) is 5.64. The second-order valence-electron chi connectivity index (χ2n) is 3.25. The third-order valence-corrected chi connectivity index (χ3v) is 1.93. The Morgan fingerprint density at radius 1 is 0.933 bits per heavy atom. The zero-order valence-electron chi connectivity index (χ0n) is 8.01. The summed E-state index contributed by atoms with van der Waals surface area (Å²) in [7, 11) is 0. The minimum Gasteiger partial charge on any atom is -0.473 e. The van der Waals surface area contributed by atoms with Gasteiger partial charge in [0.25, 0.3) is 0 Å². The molecule has 2 heterocycles. The molecule has 0 amide bonds. The first-order chi connectivity index (χ1) is 7.09. The molecule has 0 unspecified atom stereocenters. The lowest BCUT2D eigenvalue weighted by Gasteiger charge is -2.35. The fraction of sp³-hybridized carbons (Fsp3) is 0.750. The summed E-state index contributed by atoms with van der Waals surface area (Å²) < 4.78 is 10.6. The summed E-state index contributed by atoms with van der Waals surface area (Å²) in [5.74, 6) is -3.65. The van der Waals surface area contributed by atoms with Crippen molar-refractivity contribution < 1.29 is 29.3 Å². The molecule has 3 N–H and O–H groups in total. The molecule has 0 aromatic carbocycles. The average molecular weight is 219 g/mol. The molecule has 7 nitrogen and oxygen atoms in total. The smallest absolute Gasteiger partial charge is 0.414 e. The monoisotopic (exact) mass is 219 g/mol. The van der Waals surface area contributed by atoms with E-state index in [-0.39, 0.29) is 0 Å². The van der Waals surface area contributed by atoms with E-state index < -0.39 is 11.9 Å². The lowest BCUT2D eigenvalue weighted by Crippen LogP contribution is -2.56. The molecule has 2 saturated heterocycles. The molecule has 0 spiro atoms. The summed E-state index contributed by atoms with van der Waals surface area (Å²) >= 11 is 0. The molecule has 15 heavy (non-hydrogen) atoms. The van der Waals surface area contributed by atoms with E-state index in [9.17, 15) is 0 Å². The van der Waals surface area contributed by atoms with Crippen LogP contribution in [0.3, 0.4) is 0 Å². The van der Waals surface area contributed by atoms with Crippen molar-refractivity contribution in [3.63, 3.8) is 0 Å². The molecule has 2 fully saturated rings. The number of ether oxygens (including phenoxy) is 2. The lowest BCUT2D eigenvalue weighted by atomic mass is 10.2. The van der Waals surface area contributed by atoms with Crippen LogP contribution in [0.1, 0.15) is 0 Å². The first-order valence-electron chi connectivity index (χ1n) is 4.47. The largest absolute Gasteiger partial charge is 0.473 e. The molecule has 0 atom stereocenters. The maximum Gasteiger partial charge on any atom is 0.414 e. The number of nitrogens with one attached hydrogen (secondary N) is 1. The molecule has 0 saturated carbocycles. The Hall–Kier alpha value is -1.18. The van der Waals surface area contributed by atoms with E-state index >= 15 is 0 Å². The first-order valence-corrected chi connectivity index (χ1v) is 4.47. The summed E-state index contributed by atoms with van der Waals surface area (Å²) in [5, 5.41) is 18.2. The Balaban J connectivity index is 0.000000167. The van der Waals surface area contributed by atoms with E-state index in [1.54, 1.807) is 0 Å². The molecule has 0 aromatic rings. The molecule has 7 heteroatoms. The highest BCUT2D eigenvalue weighted by Gasteiger charge is 2.25. The molecule has 2 rings (SSSR count). The number of hydrogen-bond acceptors (Lipinski definition) is 5. The number of morpholine rings is 2. The van der Waals surface area contributed by atoms with Gasteiger partial charge in [-0.3, -0.25) is 0 Å². The van der Waals surface area contributed by atoms with Crippen molar-refractivity contribution in [1.82, 2.24) is 5.32 Å². The number of carbonyl (C=O) groups is 2. The van der Waals surface area contributed by atoms with Gasteiger partial charge in [0.05, 0.1) is 38.5 Å². The number of aliphatic carboxylic acids is 2. The van der Waals surface area contributed by atoms with E-state index in [2.05, 4.69) is 5.32 Å². The lowest BCUT2D eigenvalue weighted by molar-refractivity contribution is -0.159. The van der Waals surface area contributed by atoms with Crippen LogP contribution in [-0.4, -0.2) is 60.7 Å². The quantitative estimate of drug-likeness (QED) is 0.427. The average Bonchev–Trinajstić information content (AvgIpc) is 2.18. The van der Waals surface area contributed by atoms with Crippen LogP contribution in [0, 0.1) is 0 Å².